The summed E-state index contributed by atoms with van der Waals surface area (Å²) in [6, 6.07) is 22.7. The van der Waals surface area contributed by atoms with E-state index in [0.29, 0.717) is 11.1 Å². The molecule has 0 bridgehead atoms. The minimum Gasteiger partial charge on any atom is -0.355 e. The minimum atomic E-state index is -0.211. The van der Waals surface area contributed by atoms with E-state index in [1.165, 1.54) is 0 Å². The molecule has 4 aromatic carbocycles. The van der Waals surface area contributed by atoms with Crippen molar-refractivity contribution in [2.45, 2.75) is 0 Å². The predicted octanol–water partition coefficient (Wildman–Crippen LogP) is 6.92. The molecule has 3 N–H and O–H groups in total. The Labute approximate surface area is 303 Å². The van der Waals surface area contributed by atoms with Crippen LogP contribution in [0.5, 0.6) is 0 Å². The van der Waals surface area contributed by atoms with Crippen LogP contribution < -0.4 is 9.80 Å². The number of rotatable bonds is 6. The van der Waals surface area contributed by atoms with Crippen LogP contribution in [0.25, 0.3) is 43.9 Å². The Bertz CT molecular complexity index is 2260. The number of H-pyrrole nitrogens is 3. The van der Waals surface area contributed by atoms with E-state index < -0.39 is 0 Å². The van der Waals surface area contributed by atoms with Crippen molar-refractivity contribution in [2.75, 3.05) is 36.0 Å². The number of fused-ring (bicyclic) bond motifs is 5. The standard InChI is InChI=1S/C34H25N9O2.4ClH/c44-31(33-38-25-3-1-5-27(29(25)40-33)42-13-11-35-17-42)19-7-9-23-21(15-19)22-16-20(8-10-24(22)37-23)32(45)34-39-26-4-2-6-28(30(26)41-34)43-14-12-36-18-43;;;;/h1-10,15-18,37H,11-14H2,(H,38,40)(H,39,41);4*1H. The van der Waals surface area contributed by atoms with E-state index in [1.54, 1.807) is 12.1 Å². The van der Waals surface area contributed by atoms with Crippen LogP contribution in [-0.2, 0) is 0 Å². The van der Waals surface area contributed by atoms with E-state index in [2.05, 4.69) is 44.7 Å². The first-order chi connectivity index (χ1) is 22.1. The highest BCUT2D eigenvalue weighted by Gasteiger charge is 2.21. The van der Waals surface area contributed by atoms with Gasteiger partial charge in [0.2, 0.25) is 11.6 Å². The zero-order chi connectivity index (χ0) is 30.1. The lowest BCUT2D eigenvalue weighted by Gasteiger charge is -2.14. The van der Waals surface area contributed by atoms with E-state index in [9.17, 15) is 9.59 Å². The average Bonchev–Trinajstić information content (AvgIpc) is 3.92. The fourth-order valence-corrected chi connectivity index (χ4v) is 6.30. The topological polar surface area (TPSA) is 138 Å². The van der Waals surface area contributed by atoms with E-state index in [1.807, 2.05) is 73.3 Å². The van der Waals surface area contributed by atoms with Crippen molar-refractivity contribution >= 4 is 129 Å². The summed E-state index contributed by atoms with van der Waals surface area (Å²) >= 11 is 0. The van der Waals surface area contributed by atoms with Crippen molar-refractivity contribution < 1.29 is 9.59 Å². The molecule has 2 aliphatic rings. The van der Waals surface area contributed by atoms with Gasteiger partial charge >= 0.3 is 0 Å². The number of benzene rings is 4. The molecule has 0 aliphatic carbocycles. The molecule has 11 nitrogen and oxygen atoms in total. The first-order valence-corrected chi connectivity index (χ1v) is 14.8. The SMILES string of the molecule is Cl.Cl.Cl.Cl.O=C(c1ccc2[nH]c3ccc(C(=O)c4nc5cccc(N6C=NCC6)c5[nH]4)cc3c2c1)c1nc2cccc(N3C=NCC3)c2[nH]1. The lowest BCUT2D eigenvalue weighted by Crippen LogP contribution is -2.18. The molecule has 0 saturated heterocycles. The number of aromatic amines is 3. The number of hydrogen-bond donors (Lipinski definition) is 3. The van der Waals surface area contributed by atoms with Crippen molar-refractivity contribution in [3.63, 3.8) is 0 Å². The number of carbonyl (C=O) groups is 2. The minimum absolute atomic E-state index is 0. The largest absolute Gasteiger partial charge is 0.355 e. The first kappa shape index (κ1) is 35.4. The van der Waals surface area contributed by atoms with Gasteiger partial charge in [0.1, 0.15) is 0 Å². The van der Waals surface area contributed by atoms with Crippen molar-refractivity contribution in [1.29, 1.82) is 0 Å². The van der Waals surface area contributed by atoms with Crippen molar-refractivity contribution in [3.05, 3.63) is 95.6 Å². The Balaban J connectivity index is 0.00000117. The summed E-state index contributed by atoms with van der Waals surface area (Å²) in [4.78, 5) is 59.3. The van der Waals surface area contributed by atoms with E-state index in [4.69, 9.17) is 0 Å². The van der Waals surface area contributed by atoms with Gasteiger partial charge in [0.05, 0.1) is 59.2 Å². The normalized spacial score (nSPS) is 13.5. The zero-order valence-electron chi connectivity index (χ0n) is 25.5. The molecule has 0 spiro atoms. The molecule has 0 unspecified atom stereocenters. The summed E-state index contributed by atoms with van der Waals surface area (Å²) < 4.78 is 0. The fraction of sp³-hybridized carbons (Fsp3) is 0.118. The highest BCUT2D eigenvalue weighted by atomic mass is 35.5. The van der Waals surface area contributed by atoms with Gasteiger partial charge in [0.25, 0.3) is 0 Å². The molecule has 0 fully saturated rings. The molecule has 7 aromatic rings. The van der Waals surface area contributed by atoms with Crippen LogP contribution in [0.3, 0.4) is 0 Å². The van der Waals surface area contributed by atoms with Gasteiger partial charge in [0, 0.05) is 46.0 Å². The third kappa shape index (κ3) is 5.89. The Kier molecular flexibility index (Phi) is 10.0. The number of anilines is 2. The van der Waals surface area contributed by atoms with Crippen LogP contribution in [0.2, 0.25) is 0 Å². The second kappa shape index (κ2) is 13.9. The number of carbonyl (C=O) groups excluding carboxylic acids is 2. The average molecular weight is 737 g/mol. The molecule has 5 heterocycles. The van der Waals surface area contributed by atoms with E-state index in [-0.39, 0.29) is 72.8 Å². The number of nitrogens with zero attached hydrogens (tertiary/aromatic N) is 6. The number of aliphatic imine (C=N–C) groups is 2. The maximum absolute atomic E-state index is 13.7. The molecule has 2 aliphatic heterocycles. The molecule has 0 amide bonds. The maximum Gasteiger partial charge on any atom is 0.228 e. The van der Waals surface area contributed by atoms with Crippen molar-refractivity contribution in [3.8, 4) is 0 Å². The number of ketones is 2. The van der Waals surface area contributed by atoms with Crippen LogP contribution in [0.4, 0.5) is 11.4 Å². The number of nitrogens with one attached hydrogen (secondary N) is 3. The Morgan fingerprint density at radius 2 is 1.02 bits per heavy atom. The molecular formula is C34H29Cl4N9O2. The third-order valence-electron chi connectivity index (χ3n) is 8.55. The van der Waals surface area contributed by atoms with Gasteiger partial charge in [-0.15, -0.1) is 49.6 Å². The molecule has 250 valence electrons. The summed E-state index contributed by atoms with van der Waals surface area (Å²) in [5.41, 5.74) is 7.66. The Morgan fingerprint density at radius 3 is 1.43 bits per heavy atom. The monoisotopic (exact) mass is 735 g/mol. The quantitative estimate of drug-likeness (QED) is 0.159. The number of imidazole rings is 2. The van der Waals surface area contributed by atoms with Gasteiger partial charge in [-0.2, -0.15) is 0 Å². The van der Waals surface area contributed by atoms with Crippen molar-refractivity contribution in [2.24, 2.45) is 9.98 Å². The molecule has 0 atom stereocenters. The lowest BCUT2D eigenvalue weighted by molar-refractivity contribution is 0.102. The second-order valence-electron chi connectivity index (χ2n) is 11.2. The fourth-order valence-electron chi connectivity index (χ4n) is 6.30. The van der Waals surface area contributed by atoms with E-state index >= 15 is 0 Å². The molecule has 0 radical (unpaired) electrons. The summed E-state index contributed by atoms with van der Waals surface area (Å²) in [5.74, 6) is 0.120. The zero-order valence-corrected chi connectivity index (χ0v) is 28.8. The Hall–Kier alpha value is -4.94. The summed E-state index contributed by atoms with van der Waals surface area (Å²) in [7, 11) is 0. The van der Waals surface area contributed by atoms with Gasteiger partial charge < -0.3 is 24.8 Å². The van der Waals surface area contributed by atoms with E-state index in [0.717, 1.165) is 81.4 Å². The van der Waals surface area contributed by atoms with Crippen LogP contribution >= 0.6 is 49.6 Å². The molecule has 0 saturated carbocycles. The molecule has 49 heavy (non-hydrogen) atoms. The van der Waals surface area contributed by atoms with Gasteiger partial charge in [-0.05, 0) is 60.7 Å². The van der Waals surface area contributed by atoms with Crippen LogP contribution in [0, 0.1) is 0 Å². The lowest BCUT2D eigenvalue weighted by atomic mass is 10.0. The van der Waals surface area contributed by atoms with Crippen LogP contribution in [-0.4, -0.2) is 75.3 Å². The number of para-hydroxylation sites is 2. The second-order valence-corrected chi connectivity index (χ2v) is 11.2. The van der Waals surface area contributed by atoms with Gasteiger partial charge in [-0.3, -0.25) is 19.6 Å². The maximum atomic E-state index is 13.7. The summed E-state index contributed by atoms with van der Waals surface area (Å²) in [6.07, 6.45) is 3.63. The summed E-state index contributed by atoms with van der Waals surface area (Å²) in [6.45, 7) is 3.05. The number of halogens is 4. The van der Waals surface area contributed by atoms with Crippen LogP contribution in [0.15, 0.2) is 82.8 Å². The smallest absolute Gasteiger partial charge is 0.228 e. The van der Waals surface area contributed by atoms with Gasteiger partial charge in [-0.25, -0.2) is 9.97 Å². The van der Waals surface area contributed by atoms with Gasteiger partial charge in [0.15, 0.2) is 11.6 Å². The third-order valence-corrected chi connectivity index (χ3v) is 8.55. The first-order valence-electron chi connectivity index (χ1n) is 14.8. The summed E-state index contributed by atoms with van der Waals surface area (Å²) in [5, 5.41) is 1.69. The van der Waals surface area contributed by atoms with Crippen molar-refractivity contribution in [1.82, 2.24) is 24.9 Å². The number of aromatic nitrogens is 5. The highest BCUT2D eigenvalue weighted by molar-refractivity contribution is 6.17. The number of hydrogen-bond acceptors (Lipinski definition) is 8. The van der Waals surface area contributed by atoms with Crippen LogP contribution in [0.1, 0.15) is 32.4 Å². The highest BCUT2D eigenvalue weighted by Crippen LogP contribution is 2.31. The predicted molar refractivity (Wildman–Crippen MR) is 205 cm³/mol. The van der Waals surface area contributed by atoms with Gasteiger partial charge in [-0.1, -0.05) is 12.1 Å². The molecule has 3 aromatic heterocycles. The molecular weight excluding hydrogens is 708 g/mol. The Morgan fingerprint density at radius 1 is 0.571 bits per heavy atom. The molecule has 15 heteroatoms. The molecule has 9 rings (SSSR count).